The SMILES string of the molecule is CNC(C[O-])NC.[Li+]. The molecule has 2 N–H and O–H groups in total. The molecule has 0 saturated heterocycles. The van der Waals surface area contributed by atoms with E-state index < -0.39 is 0 Å². The standard InChI is InChI=1S/C4H11N2O.Li/c1-5-4(3-7)6-2;/h4-6H,3H2,1-2H3;/q-1;+1. The van der Waals surface area contributed by atoms with Crippen LogP contribution in [-0.2, 0) is 0 Å². The molecule has 0 aliphatic carbocycles. The van der Waals surface area contributed by atoms with Crippen molar-refractivity contribution in [2.24, 2.45) is 0 Å². The molecule has 0 aliphatic heterocycles. The summed E-state index contributed by atoms with van der Waals surface area (Å²) in [5.74, 6) is 0. The molecule has 0 heterocycles. The maximum atomic E-state index is 9.97. The summed E-state index contributed by atoms with van der Waals surface area (Å²) in [6, 6.07) is 0. The first kappa shape index (κ1) is 11.3. The molecule has 0 aliphatic rings. The average molecular weight is 110 g/mol. The van der Waals surface area contributed by atoms with Crippen LogP contribution in [0.2, 0.25) is 0 Å². The number of likely N-dealkylation sites (N-methyl/N-ethyl adjacent to an activating group) is 2. The fraction of sp³-hybridized carbons (Fsp3) is 1.00. The molecule has 3 nitrogen and oxygen atoms in total. The minimum atomic E-state index is -0.118. The minimum Gasteiger partial charge on any atom is -0.852 e. The topological polar surface area (TPSA) is 47.1 Å². The van der Waals surface area contributed by atoms with E-state index in [0.717, 1.165) is 0 Å². The second-order valence-electron chi connectivity index (χ2n) is 1.30. The largest absolute Gasteiger partial charge is 1.00 e. The number of nitrogens with one attached hydrogen (secondary N) is 2. The van der Waals surface area contributed by atoms with Crippen LogP contribution in [0.5, 0.6) is 0 Å². The van der Waals surface area contributed by atoms with Gasteiger partial charge >= 0.3 is 18.9 Å². The van der Waals surface area contributed by atoms with Crippen LogP contribution in [0, 0.1) is 0 Å². The predicted octanol–water partition coefficient (Wildman–Crippen LogP) is -4.88. The first-order valence-electron chi connectivity index (χ1n) is 2.27. The summed E-state index contributed by atoms with van der Waals surface area (Å²) in [5, 5.41) is 15.5. The van der Waals surface area contributed by atoms with E-state index in [1.165, 1.54) is 0 Å². The molecule has 0 amide bonds. The molecule has 0 atom stereocenters. The Labute approximate surface area is 62.0 Å². The van der Waals surface area contributed by atoms with Gasteiger partial charge in [0.15, 0.2) is 0 Å². The van der Waals surface area contributed by atoms with E-state index in [1.807, 2.05) is 0 Å². The minimum absolute atomic E-state index is 0. The van der Waals surface area contributed by atoms with Crippen molar-refractivity contribution in [2.45, 2.75) is 6.17 Å². The van der Waals surface area contributed by atoms with Gasteiger partial charge in [0.1, 0.15) is 0 Å². The van der Waals surface area contributed by atoms with Crippen LogP contribution in [0.4, 0.5) is 0 Å². The first-order chi connectivity index (χ1) is 3.35. The summed E-state index contributed by atoms with van der Waals surface area (Å²) in [5.41, 5.74) is 0. The van der Waals surface area contributed by atoms with Gasteiger partial charge in [-0.05, 0) is 14.1 Å². The summed E-state index contributed by atoms with van der Waals surface area (Å²) in [7, 11) is 3.50. The molecule has 8 heavy (non-hydrogen) atoms. The van der Waals surface area contributed by atoms with Crippen molar-refractivity contribution < 1.29 is 24.0 Å². The maximum Gasteiger partial charge on any atom is 1.00 e. The zero-order chi connectivity index (χ0) is 5.70. The molecule has 0 fully saturated rings. The fourth-order valence-corrected chi connectivity index (χ4v) is 0.311. The third-order valence-electron chi connectivity index (χ3n) is 0.864. The van der Waals surface area contributed by atoms with Gasteiger partial charge in [-0.25, -0.2) is 0 Å². The Morgan fingerprint density at radius 2 is 1.75 bits per heavy atom. The molecule has 0 spiro atoms. The molecule has 44 valence electrons. The van der Waals surface area contributed by atoms with Crippen molar-refractivity contribution in [2.75, 3.05) is 20.7 Å². The zero-order valence-electron chi connectivity index (χ0n) is 5.69. The number of hydrogen-bond donors (Lipinski definition) is 2. The molecule has 0 rings (SSSR count). The fourth-order valence-electron chi connectivity index (χ4n) is 0.311. The molecule has 0 aromatic heterocycles. The van der Waals surface area contributed by atoms with E-state index in [-0.39, 0.29) is 31.6 Å². The monoisotopic (exact) mass is 110 g/mol. The third kappa shape index (κ3) is 4.63. The van der Waals surface area contributed by atoms with Crippen LogP contribution in [-0.4, -0.2) is 26.9 Å². The van der Waals surface area contributed by atoms with Gasteiger partial charge in [-0.15, -0.1) is 6.61 Å². The molecular formula is C4H11LiN2O. The van der Waals surface area contributed by atoms with Gasteiger partial charge in [0.25, 0.3) is 0 Å². The van der Waals surface area contributed by atoms with Crippen molar-refractivity contribution in [3.05, 3.63) is 0 Å². The molecule has 0 bridgehead atoms. The third-order valence-corrected chi connectivity index (χ3v) is 0.864. The predicted molar refractivity (Wildman–Crippen MR) is 26.8 cm³/mol. The molecule has 0 unspecified atom stereocenters. The van der Waals surface area contributed by atoms with Gasteiger partial charge in [-0.1, -0.05) is 0 Å². The molecule has 0 aromatic rings. The van der Waals surface area contributed by atoms with Gasteiger partial charge in [0.2, 0.25) is 0 Å². The van der Waals surface area contributed by atoms with Crippen LogP contribution in [0.3, 0.4) is 0 Å². The van der Waals surface area contributed by atoms with E-state index >= 15 is 0 Å². The first-order valence-corrected chi connectivity index (χ1v) is 2.27. The second kappa shape index (κ2) is 7.48. The Bertz CT molecular complexity index is 35.5. The molecule has 0 aromatic carbocycles. The zero-order valence-corrected chi connectivity index (χ0v) is 5.69. The van der Waals surface area contributed by atoms with E-state index in [2.05, 4.69) is 10.6 Å². The normalized spacial score (nSPS) is 9.00. The number of hydrogen-bond acceptors (Lipinski definition) is 3. The van der Waals surface area contributed by atoms with Crippen LogP contribution >= 0.6 is 0 Å². The van der Waals surface area contributed by atoms with E-state index in [4.69, 9.17) is 0 Å². The summed E-state index contributed by atoms with van der Waals surface area (Å²) >= 11 is 0. The Morgan fingerprint density at radius 1 is 1.38 bits per heavy atom. The molecular weight excluding hydrogens is 99.0 g/mol. The summed E-state index contributed by atoms with van der Waals surface area (Å²) < 4.78 is 0. The smallest absolute Gasteiger partial charge is 0.852 e. The average Bonchev–Trinajstić information content (AvgIpc) is 1.72. The van der Waals surface area contributed by atoms with Gasteiger partial charge in [0, 0.05) is 6.17 Å². The Hall–Kier alpha value is 0.477. The summed E-state index contributed by atoms with van der Waals surface area (Å²) in [6.45, 7) is -0.118. The van der Waals surface area contributed by atoms with Gasteiger partial charge in [-0.2, -0.15) is 0 Å². The second-order valence-corrected chi connectivity index (χ2v) is 1.30. The van der Waals surface area contributed by atoms with Gasteiger partial charge in [-0.3, -0.25) is 0 Å². The Kier molecular flexibility index (Phi) is 10.6. The van der Waals surface area contributed by atoms with E-state index in [1.54, 1.807) is 14.1 Å². The maximum absolute atomic E-state index is 9.97. The van der Waals surface area contributed by atoms with E-state index in [0.29, 0.717) is 0 Å². The molecule has 4 heteroatoms. The van der Waals surface area contributed by atoms with Gasteiger partial charge < -0.3 is 15.7 Å². The van der Waals surface area contributed by atoms with Crippen LogP contribution in [0.15, 0.2) is 0 Å². The molecule has 0 saturated carbocycles. The Balaban J connectivity index is 0. The van der Waals surface area contributed by atoms with Crippen molar-refractivity contribution in [3.63, 3.8) is 0 Å². The number of rotatable bonds is 3. The summed E-state index contributed by atoms with van der Waals surface area (Å²) in [6.07, 6.45) is -0.0694. The quantitative estimate of drug-likeness (QED) is 0.283. The van der Waals surface area contributed by atoms with Crippen molar-refractivity contribution in [1.29, 1.82) is 0 Å². The van der Waals surface area contributed by atoms with Crippen molar-refractivity contribution in [3.8, 4) is 0 Å². The van der Waals surface area contributed by atoms with Crippen molar-refractivity contribution >= 4 is 0 Å². The van der Waals surface area contributed by atoms with Gasteiger partial charge in [0.05, 0.1) is 0 Å². The van der Waals surface area contributed by atoms with E-state index in [9.17, 15) is 5.11 Å². The molecule has 0 radical (unpaired) electrons. The van der Waals surface area contributed by atoms with Crippen LogP contribution in [0.25, 0.3) is 0 Å². The van der Waals surface area contributed by atoms with Crippen molar-refractivity contribution in [1.82, 2.24) is 10.6 Å². The Morgan fingerprint density at radius 3 is 1.75 bits per heavy atom. The van der Waals surface area contributed by atoms with Crippen LogP contribution < -0.4 is 34.6 Å². The summed E-state index contributed by atoms with van der Waals surface area (Å²) in [4.78, 5) is 0. The van der Waals surface area contributed by atoms with Crippen LogP contribution in [0.1, 0.15) is 0 Å².